The van der Waals surface area contributed by atoms with Crippen LogP contribution >= 0.6 is 15.9 Å². The minimum Gasteiger partial charge on any atom is -0.497 e. The van der Waals surface area contributed by atoms with Gasteiger partial charge in [0.15, 0.2) is 0 Å². The summed E-state index contributed by atoms with van der Waals surface area (Å²) in [5, 5.41) is 0. The van der Waals surface area contributed by atoms with Gasteiger partial charge in [0.25, 0.3) is 0 Å². The molecule has 1 aromatic carbocycles. The van der Waals surface area contributed by atoms with Crippen LogP contribution in [0.2, 0.25) is 0 Å². The molecule has 1 atom stereocenters. The number of halogens is 1. The molecule has 1 aliphatic rings. The number of benzene rings is 1. The first kappa shape index (κ1) is 12.6. The van der Waals surface area contributed by atoms with E-state index in [0.717, 1.165) is 35.9 Å². The second-order valence-corrected chi connectivity index (χ2v) is 5.42. The maximum absolute atomic E-state index is 11.8. The number of ketones is 1. The molecule has 1 fully saturated rings. The van der Waals surface area contributed by atoms with Crippen molar-refractivity contribution in [1.29, 1.82) is 0 Å². The maximum atomic E-state index is 11.8. The maximum Gasteiger partial charge on any atom is 0.136 e. The lowest BCUT2D eigenvalue weighted by Crippen LogP contribution is -2.21. The second kappa shape index (κ2) is 5.67. The topological polar surface area (TPSA) is 26.3 Å². The summed E-state index contributed by atoms with van der Waals surface area (Å²) >= 11 is 3.54. The van der Waals surface area contributed by atoms with E-state index >= 15 is 0 Å². The predicted octanol–water partition coefficient (Wildman–Crippen LogP) is 3.76. The fourth-order valence-corrected chi connectivity index (χ4v) is 2.78. The molecular weight excluding hydrogens is 280 g/mol. The molecule has 0 amide bonds. The van der Waals surface area contributed by atoms with Crippen LogP contribution in [0.25, 0.3) is 0 Å². The summed E-state index contributed by atoms with van der Waals surface area (Å²) < 4.78 is 6.29. The fraction of sp³-hybridized carbons (Fsp3) is 0.500. The molecule has 2 nitrogen and oxygen atoms in total. The first-order valence-corrected chi connectivity index (χ1v) is 6.85. The highest BCUT2D eigenvalue weighted by Crippen LogP contribution is 2.29. The molecular formula is C14H17BrO2. The van der Waals surface area contributed by atoms with Crippen LogP contribution in [0.4, 0.5) is 0 Å². The minimum absolute atomic E-state index is 0.201. The highest BCUT2D eigenvalue weighted by molar-refractivity contribution is 9.10. The Morgan fingerprint density at radius 2 is 2.24 bits per heavy atom. The van der Waals surface area contributed by atoms with Crippen LogP contribution in [-0.2, 0) is 11.2 Å². The predicted molar refractivity (Wildman–Crippen MR) is 71.4 cm³/mol. The fourth-order valence-electron chi connectivity index (χ4n) is 2.37. The molecule has 0 saturated heterocycles. The lowest BCUT2D eigenvalue weighted by Gasteiger charge is -2.21. The quantitative estimate of drug-likeness (QED) is 0.849. The average Bonchev–Trinajstić information content (AvgIpc) is 2.35. The smallest absolute Gasteiger partial charge is 0.136 e. The third-order valence-corrected chi connectivity index (χ3v) is 4.17. The van der Waals surface area contributed by atoms with Gasteiger partial charge in [0.05, 0.1) is 7.11 Å². The number of ether oxygens (including phenoxy) is 1. The molecule has 1 aliphatic carbocycles. The van der Waals surface area contributed by atoms with E-state index in [4.69, 9.17) is 4.74 Å². The van der Waals surface area contributed by atoms with Gasteiger partial charge in [-0.2, -0.15) is 0 Å². The monoisotopic (exact) mass is 296 g/mol. The van der Waals surface area contributed by atoms with Crippen molar-refractivity contribution in [3.8, 4) is 5.75 Å². The molecule has 17 heavy (non-hydrogen) atoms. The first-order valence-electron chi connectivity index (χ1n) is 6.06. The van der Waals surface area contributed by atoms with Gasteiger partial charge in [-0.3, -0.25) is 4.79 Å². The van der Waals surface area contributed by atoms with Crippen molar-refractivity contribution >= 4 is 21.7 Å². The number of carbonyl (C=O) groups is 1. The highest BCUT2D eigenvalue weighted by atomic mass is 79.9. The molecule has 0 heterocycles. The van der Waals surface area contributed by atoms with E-state index in [2.05, 4.69) is 15.9 Å². The van der Waals surface area contributed by atoms with E-state index in [1.54, 1.807) is 7.11 Å². The summed E-state index contributed by atoms with van der Waals surface area (Å²) in [7, 11) is 1.67. The van der Waals surface area contributed by atoms with E-state index in [1.807, 2.05) is 18.2 Å². The Morgan fingerprint density at radius 1 is 1.41 bits per heavy atom. The zero-order valence-corrected chi connectivity index (χ0v) is 11.6. The number of Topliss-reactive ketones (excluding diaryl/α,β-unsaturated/α-hetero) is 1. The first-order chi connectivity index (χ1) is 8.20. The molecule has 0 radical (unpaired) electrons. The number of methoxy groups -OCH3 is 1. The van der Waals surface area contributed by atoms with Gasteiger partial charge in [-0.15, -0.1) is 0 Å². The molecule has 3 heteroatoms. The Balaban J connectivity index is 2.14. The van der Waals surface area contributed by atoms with Crippen LogP contribution < -0.4 is 4.74 Å². The van der Waals surface area contributed by atoms with E-state index in [0.29, 0.717) is 5.78 Å². The van der Waals surface area contributed by atoms with Gasteiger partial charge < -0.3 is 4.74 Å². The molecule has 0 N–H and O–H groups in total. The summed E-state index contributed by atoms with van der Waals surface area (Å²) in [6.45, 7) is 0. The summed E-state index contributed by atoms with van der Waals surface area (Å²) in [6.07, 6.45) is 4.86. The molecule has 92 valence electrons. The van der Waals surface area contributed by atoms with Crippen LogP contribution in [0, 0.1) is 5.92 Å². The molecule has 1 unspecified atom stereocenters. The normalized spacial score (nSPS) is 20.4. The van der Waals surface area contributed by atoms with Crippen LogP contribution in [0.15, 0.2) is 22.7 Å². The Kier molecular flexibility index (Phi) is 4.21. The molecule has 1 aromatic rings. The van der Waals surface area contributed by atoms with Gasteiger partial charge in [0.2, 0.25) is 0 Å². The van der Waals surface area contributed by atoms with Crippen molar-refractivity contribution in [2.24, 2.45) is 5.92 Å². The molecule has 0 aromatic heterocycles. The highest BCUT2D eigenvalue weighted by Gasteiger charge is 2.23. The summed E-state index contributed by atoms with van der Waals surface area (Å²) in [6, 6.07) is 5.93. The molecule has 0 bridgehead atoms. The lowest BCUT2D eigenvalue weighted by molar-refractivity contribution is -0.124. The van der Waals surface area contributed by atoms with E-state index < -0.39 is 0 Å². The minimum atomic E-state index is 0.201. The van der Waals surface area contributed by atoms with Crippen molar-refractivity contribution in [2.45, 2.75) is 32.1 Å². The van der Waals surface area contributed by atoms with Gasteiger partial charge in [0, 0.05) is 16.8 Å². The summed E-state index contributed by atoms with van der Waals surface area (Å²) in [4.78, 5) is 11.8. The third kappa shape index (κ3) is 3.09. The van der Waals surface area contributed by atoms with Gasteiger partial charge in [0.1, 0.15) is 11.5 Å². The van der Waals surface area contributed by atoms with Gasteiger partial charge in [-0.25, -0.2) is 0 Å². The van der Waals surface area contributed by atoms with Crippen LogP contribution in [0.5, 0.6) is 5.75 Å². The van der Waals surface area contributed by atoms with E-state index in [9.17, 15) is 4.79 Å². The van der Waals surface area contributed by atoms with Crippen molar-refractivity contribution in [3.63, 3.8) is 0 Å². The van der Waals surface area contributed by atoms with Gasteiger partial charge in [-0.05, 0) is 43.0 Å². The average molecular weight is 297 g/mol. The van der Waals surface area contributed by atoms with Crippen LogP contribution in [0.1, 0.15) is 31.2 Å². The summed E-state index contributed by atoms with van der Waals surface area (Å²) in [5.74, 6) is 1.48. The molecule has 0 spiro atoms. The zero-order chi connectivity index (χ0) is 12.3. The Labute approximate surface area is 110 Å². The van der Waals surface area contributed by atoms with Crippen molar-refractivity contribution in [3.05, 3.63) is 28.2 Å². The Bertz CT molecular complexity index is 415. The molecule has 1 saturated carbocycles. The number of rotatable bonds is 3. The molecule has 0 aliphatic heterocycles. The van der Waals surface area contributed by atoms with E-state index in [1.165, 1.54) is 12.0 Å². The standard InChI is InChI=1S/C14H17BrO2/c1-17-12-6-7-13(15)11(9-12)8-10-4-2-3-5-14(10)16/h6-7,9-10H,2-5,8H2,1H3. The van der Waals surface area contributed by atoms with E-state index in [-0.39, 0.29) is 5.92 Å². The molecule has 2 rings (SSSR count). The van der Waals surface area contributed by atoms with Gasteiger partial charge in [-0.1, -0.05) is 22.4 Å². The summed E-state index contributed by atoms with van der Waals surface area (Å²) in [5.41, 5.74) is 1.17. The number of hydrogen-bond acceptors (Lipinski definition) is 2. The van der Waals surface area contributed by atoms with Crippen molar-refractivity contribution in [1.82, 2.24) is 0 Å². The van der Waals surface area contributed by atoms with Crippen LogP contribution in [-0.4, -0.2) is 12.9 Å². The van der Waals surface area contributed by atoms with Crippen molar-refractivity contribution in [2.75, 3.05) is 7.11 Å². The largest absolute Gasteiger partial charge is 0.497 e. The number of carbonyl (C=O) groups excluding carboxylic acids is 1. The Hall–Kier alpha value is -0.830. The SMILES string of the molecule is COc1ccc(Br)c(CC2CCCCC2=O)c1. The van der Waals surface area contributed by atoms with Crippen LogP contribution in [0.3, 0.4) is 0 Å². The Morgan fingerprint density at radius 3 is 2.94 bits per heavy atom. The zero-order valence-electron chi connectivity index (χ0n) is 10.0. The van der Waals surface area contributed by atoms with Crippen molar-refractivity contribution < 1.29 is 9.53 Å². The number of hydrogen-bond donors (Lipinski definition) is 0. The van der Waals surface area contributed by atoms with Gasteiger partial charge >= 0.3 is 0 Å². The lowest BCUT2D eigenvalue weighted by atomic mass is 9.84. The second-order valence-electron chi connectivity index (χ2n) is 4.57. The third-order valence-electron chi connectivity index (χ3n) is 3.40.